The first-order valence-electron chi connectivity index (χ1n) is 8.94. The van der Waals surface area contributed by atoms with Crippen molar-refractivity contribution in [2.24, 2.45) is 17.4 Å². The van der Waals surface area contributed by atoms with Crippen LogP contribution in [0.15, 0.2) is 29.2 Å². The van der Waals surface area contributed by atoms with Crippen LogP contribution >= 0.6 is 0 Å². The van der Waals surface area contributed by atoms with Crippen LogP contribution in [0.3, 0.4) is 0 Å². The quantitative estimate of drug-likeness (QED) is 0.324. The molecule has 0 aliphatic rings. The molecule has 11 heteroatoms. The number of rotatable bonds is 8. The molecule has 2 aromatic heterocycles. The summed E-state index contributed by atoms with van der Waals surface area (Å²) in [4.78, 5) is 42.6. The Bertz CT molecular complexity index is 1120. The van der Waals surface area contributed by atoms with Gasteiger partial charge < -0.3 is 22.1 Å². The van der Waals surface area contributed by atoms with Crippen LogP contribution in [0.5, 0.6) is 0 Å². The van der Waals surface area contributed by atoms with E-state index in [0.29, 0.717) is 12.1 Å². The van der Waals surface area contributed by atoms with Gasteiger partial charge in [-0.1, -0.05) is 13.8 Å². The van der Waals surface area contributed by atoms with E-state index in [2.05, 4.69) is 30.8 Å². The van der Waals surface area contributed by atoms with Crippen molar-refractivity contribution in [1.29, 1.82) is 0 Å². The molecule has 2 heterocycles. The minimum absolute atomic E-state index is 0.00503. The Morgan fingerprint density at radius 2 is 2.00 bits per heavy atom. The zero-order valence-electron chi connectivity index (χ0n) is 15.9. The Morgan fingerprint density at radius 1 is 1.24 bits per heavy atom. The molecule has 3 rings (SSSR count). The maximum absolute atomic E-state index is 12.4. The van der Waals surface area contributed by atoms with Gasteiger partial charge in [0.1, 0.15) is 11.6 Å². The lowest BCUT2D eigenvalue weighted by Gasteiger charge is -2.18. The summed E-state index contributed by atoms with van der Waals surface area (Å²) in [6, 6.07) is 4.55. The number of carbonyl (C=O) groups excluding carboxylic acids is 2. The summed E-state index contributed by atoms with van der Waals surface area (Å²) < 4.78 is 0. The largest absolute Gasteiger partial charge is 0.368 e. The molecule has 2 amide bonds. The van der Waals surface area contributed by atoms with Crippen molar-refractivity contribution in [1.82, 2.24) is 20.2 Å². The molecule has 3 aromatic rings. The van der Waals surface area contributed by atoms with E-state index in [4.69, 9.17) is 11.5 Å². The highest BCUT2D eigenvalue weighted by molar-refractivity contribution is 5.98. The topological polar surface area (TPSA) is 185 Å². The minimum Gasteiger partial charge on any atom is -0.368 e. The van der Waals surface area contributed by atoms with E-state index < -0.39 is 23.4 Å². The number of aromatic amines is 2. The highest BCUT2D eigenvalue weighted by atomic mass is 16.2. The summed E-state index contributed by atoms with van der Waals surface area (Å²) in [5.41, 5.74) is 11.0. The maximum Gasteiger partial charge on any atom is 0.267 e. The summed E-state index contributed by atoms with van der Waals surface area (Å²) in [6.07, 6.45) is 2.11. The Labute approximate surface area is 165 Å². The average molecular weight is 398 g/mol. The third-order valence-corrected chi connectivity index (χ3v) is 4.23. The van der Waals surface area contributed by atoms with Crippen molar-refractivity contribution in [2.75, 3.05) is 10.6 Å². The lowest BCUT2D eigenvalue weighted by molar-refractivity contribution is -0.119. The van der Waals surface area contributed by atoms with Gasteiger partial charge in [-0.15, -0.1) is 0 Å². The Morgan fingerprint density at radius 3 is 2.66 bits per heavy atom. The number of carbonyl (C=O) groups is 2. The number of nitrogens with two attached hydrogens (primary N) is 2. The Kier molecular flexibility index (Phi) is 5.48. The summed E-state index contributed by atoms with van der Waals surface area (Å²) in [6.45, 7) is 3.87. The molecule has 0 aliphatic carbocycles. The molecule has 0 saturated heterocycles. The van der Waals surface area contributed by atoms with E-state index in [1.54, 1.807) is 18.3 Å². The van der Waals surface area contributed by atoms with E-state index in [-0.39, 0.29) is 23.2 Å². The number of primary amides is 2. The number of hydrogen-bond donors (Lipinski definition) is 6. The third kappa shape index (κ3) is 4.51. The molecule has 29 heavy (non-hydrogen) atoms. The average Bonchev–Trinajstić information content (AvgIpc) is 3.07. The molecule has 11 nitrogen and oxygen atoms in total. The van der Waals surface area contributed by atoms with Crippen LogP contribution in [-0.4, -0.2) is 38.0 Å². The smallest absolute Gasteiger partial charge is 0.267 e. The molecule has 1 aromatic carbocycles. The molecular formula is C18H22N8O3. The molecule has 0 unspecified atom stereocenters. The van der Waals surface area contributed by atoms with Crippen molar-refractivity contribution in [3.05, 3.63) is 40.3 Å². The second-order valence-electron chi connectivity index (χ2n) is 7.03. The number of nitrogens with zero attached hydrogens (tertiary/aromatic N) is 2. The van der Waals surface area contributed by atoms with Gasteiger partial charge in [-0.05, 0) is 30.5 Å². The summed E-state index contributed by atoms with van der Waals surface area (Å²) in [5.74, 6) is -1.40. The minimum atomic E-state index is -0.941. The molecular weight excluding hydrogens is 376 g/mol. The van der Waals surface area contributed by atoms with Crippen LogP contribution < -0.4 is 27.7 Å². The van der Waals surface area contributed by atoms with Crippen LogP contribution in [0.4, 0.5) is 17.5 Å². The van der Waals surface area contributed by atoms with Crippen molar-refractivity contribution in [2.45, 2.75) is 26.3 Å². The van der Waals surface area contributed by atoms with Crippen molar-refractivity contribution in [3.63, 3.8) is 0 Å². The number of anilines is 3. The van der Waals surface area contributed by atoms with Gasteiger partial charge in [-0.25, -0.2) is 0 Å². The van der Waals surface area contributed by atoms with E-state index in [9.17, 15) is 14.4 Å². The zero-order valence-corrected chi connectivity index (χ0v) is 15.9. The lowest BCUT2D eigenvalue weighted by atomic mass is 10.0. The molecule has 0 radical (unpaired) electrons. The zero-order chi connectivity index (χ0) is 21.1. The standard InChI is InChI=1S/C18H22N8O3/c1-8(2)5-12(14(19)27)23-18-24-16(13(15(20)28)17(29)25-18)22-10-4-3-9-7-21-26-11(9)6-10/h3-4,6-8,12H,5H2,1-2H3,(H2,19,27)(H2,20,28)(H,21,26)(H3,22,23,24,25,29)/t12-/m1/s1. The summed E-state index contributed by atoms with van der Waals surface area (Å²) in [5, 5.41) is 13.4. The predicted molar refractivity (Wildman–Crippen MR) is 109 cm³/mol. The van der Waals surface area contributed by atoms with E-state index in [1.807, 2.05) is 19.9 Å². The van der Waals surface area contributed by atoms with Gasteiger partial charge in [0.15, 0.2) is 5.82 Å². The molecule has 0 spiro atoms. The number of aromatic nitrogens is 4. The number of nitrogens with one attached hydrogen (secondary N) is 4. The van der Waals surface area contributed by atoms with Gasteiger partial charge in [0.25, 0.3) is 11.5 Å². The van der Waals surface area contributed by atoms with Crippen molar-refractivity contribution >= 4 is 40.2 Å². The first-order valence-corrected chi connectivity index (χ1v) is 8.94. The summed E-state index contributed by atoms with van der Waals surface area (Å²) >= 11 is 0. The van der Waals surface area contributed by atoms with Crippen LogP contribution in [0, 0.1) is 5.92 Å². The number of H-pyrrole nitrogens is 2. The number of fused-ring (bicyclic) bond motifs is 1. The molecule has 0 aliphatic heterocycles. The van der Waals surface area contributed by atoms with Crippen molar-refractivity contribution < 1.29 is 9.59 Å². The third-order valence-electron chi connectivity index (χ3n) is 4.23. The van der Waals surface area contributed by atoms with Gasteiger partial charge in [0.05, 0.1) is 11.7 Å². The van der Waals surface area contributed by atoms with E-state index >= 15 is 0 Å². The Balaban J connectivity index is 1.98. The number of amides is 2. The fourth-order valence-electron chi connectivity index (χ4n) is 2.89. The van der Waals surface area contributed by atoms with Crippen LogP contribution in [0.1, 0.15) is 30.6 Å². The van der Waals surface area contributed by atoms with Crippen LogP contribution in [-0.2, 0) is 4.79 Å². The second-order valence-corrected chi connectivity index (χ2v) is 7.03. The predicted octanol–water partition coefficient (Wildman–Crippen LogP) is 0.801. The second kappa shape index (κ2) is 8.00. The van der Waals surface area contributed by atoms with Gasteiger partial charge in [0, 0.05) is 11.1 Å². The van der Waals surface area contributed by atoms with Crippen LogP contribution in [0.2, 0.25) is 0 Å². The van der Waals surface area contributed by atoms with E-state index in [0.717, 1.165) is 10.9 Å². The molecule has 8 N–H and O–H groups in total. The fourth-order valence-corrected chi connectivity index (χ4v) is 2.89. The molecule has 152 valence electrons. The SMILES string of the molecule is CC(C)C[C@@H](Nc1nc(Nc2ccc3cn[nH]c3c2)c(C(N)=O)c(=O)[nH]1)C(N)=O. The maximum atomic E-state index is 12.4. The molecule has 0 saturated carbocycles. The fraction of sp³-hybridized carbons (Fsp3) is 0.278. The Hall–Kier alpha value is -3.89. The number of benzene rings is 1. The van der Waals surface area contributed by atoms with Crippen LogP contribution in [0.25, 0.3) is 10.9 Å². The number of hydrogen-bond acceptors (Lipinski definition) is 7. The molecule has 1 atom stereocenters. The van der Waals surface area contributed by atoms with Crippen molar-refractivity contribution in [3.8, 4) is 0 Å². The lowest BCUT2D eigenvalue weighted by Crippen LogP contribution is -2.38. The molecule has 0 fully saturated rings. The monoisotopic (exact) mass is 398 g/mol. The first kappa shape index (κ1) is 19.9. The summed E-state index contributed by atoms with van der Waals surface area (Å²) in [7, 11) is 0. The van der Waals surface area contributed by atoms with Gasteiger partial charge >= 0.3 is 0 Å². The molecule has 0 bridgehead atoms. The highest BCUT2D eigenvalue weighted by Crippen LogP contribution is 2.22. The highest BCUT2D eigenvalue weighted by Gasteiger charge is 2.21. The normalized spacial score (nSPS) is 12.1. The first-order chi connectivity index (χ1) is 13.7. The van der Waals surface area contributed by atoms with E-state index in [1.165, 1.54) is 0 Å². The van der Waals surface area contributed by atoms with Gasteiger partial charge in [-0.3, -0.25) is 24.5 Å². The van der Waals surface area contributed by atoms with Gasteiger partial charge in [0.2, 0.25) is 11.9 Å². The van der Waals surface area contributed by atoms with Gasteiger partial charge in [-0.2, -0.15) is 10.1 Å².